The van der Waals surface area contributed by atoms with Crippen molar-refractivity contribution >= 4 is 36.7 Å². The molecule has 45 heavy (non-hydrogen) atoms. The van der Waals surface area contributed by atoms with Crippen LogP contribution in [0.4, 0.5) is 5.69 Å². The van der Waals surface area contributed by atoms with Crippen LogP contribution in [0.25, 0.3) is 22.2 Å². The summed E-state index contributed by atoms with van der Waals surface area (Å²) in [7, 11) is -6.58. The van der Waals surface area contributed by atoms with E-state index in [-0.39, 0.29) is 27.1 Å². The van der Waals surface area contributed by atoms with Crippen LogP contribution in [0.2, 0.25) is 0 Å². The Morgan fingerprint density at radius 2 is 1.33 bits per heavy atom. The molecule has 1 aromatic heterocycles. The SMILES string of the molecule is CCCCCCCCCCCCCCCCS(=O)(=O)NN=c1cc(-c2ccc([N+](=O)[O-])cc2)n(C)c2ccc(S(=O)(=O)O)cc12. The maximum Gasteiger partial charge on any atom is 0.294 e. The first-order valence-corrected chi connectivity index (χ1v) is 18.9. The van der Waals surface area contributed by atoms with Crippen molar-refractivity contribution in [1.82, 2.24) is 9.40 Å². The molecule has 0 aliphatic carbocycles. The fourth-order valence-electron chi connectivity index (χ4n) is 5.38. The van der Waals surface area contributed by atoms with Crippen LogP contribution in [0.1, 0.15) is 96.8 Å². The normalized spacial score (nSPS) is 12.6. The molecular weight excluding hydrogens is 617 g/mol. The highest BCUT2D eigenvalue weighted by molar-refractivity contribution is 7.89. The van der Waals surface area contributed by atoms with E-state index in [4.69, 9.17) is 0 Å². The molecule has 0 fully saturated rings. The zero-order valence-electron chi connectivity index (χ0n) is 26.3. The van der Waals surface area contributed by atoms with Crippen LogP contribution < -0.4 is 10.2 Å². The van der Waals surface area contributed by atoms with Gasteiger partial charge in [0.2, 0.25) is 10.0 Å². The van der Waals surface area contributed by atoms with Crippen molar-refractivity contribution in [2.75, 3.05) is 5.75 Å². The Kier molecular flexibility index (Phi) is 14.0. The summed E-state index contributed by atoms with van der Waals surface area (Å²) in [5.74, 6) is -0.0987. The summed E-state index contributed by atoms with van der Waals surface area (Å²) >= 11 is 0. The van der Waals surface area contributed by atoms with E-state index >= 15 is 0 Å². The second-order valence-corrected chi connectivity index (χ2v) is 14.8. The van der Waals surface area contributed by atoms with Gasteiger partial charge in [-0.15, -0.1) is 0 Å². The first-order valence-electron chi connectivity index (χ1n) is 15.8. The first-order chi connectivity index (χ1) is 21.4. The van der Waals surface area contributed by atoms with Crippen molar-refractivity contribution in [3.63, 3.8) is 0 Å². The fraction of sp³-hybridized carbons (Fsp3) is 0.531. The molecule has 0 atom stereocenters. The Bertz CT molecular complexity index is 1700. The maximum atomic E-state index is 12.8. The molecular formula is C32H46N4O7S2. The van der Waals surface area contributed by atoms with E-state index in [2.05, 4.69) is 16.9 Å². The molecule has 0 bridgehead atoms. The van der Waals surface area contributed by atoms with Gasteiger partial charge in [-0.1, -0.05) is 90.4 Å². The predicted molar refractivity (Wildman–Crippen MR) is 178 cm³/mol. The van der Waals surface area contributed by atoms with Crippen LogP contribution in [0, 0.1) is 10.1 Å². The Morgan fingerprint density at radius 1 is 0.800 bits per heavy atom. The number of nitro benzene ring substituents is 1. The molecule has 3 rings (SSSR count). The Balaban J connectivity index is 1.64. The lowest BCUT2D eigenvalue weighted by molar-refractivity contribution is -0.384. The predicted octanol–water partition coefficient (Wildman–Crippen LogP) is 7.22. The maximum absolute atomic E-state index is 12.8. The Labute approximate surface area is 266 Å². The molecule has 0 unspecified atom stereocenters. The van der Waals surface area contributed by atoms with Crippen LogP contribution in [-0.4, -0.2) is 36.6 Å². The number of aryl methyl sites for hydroxylation is 1. The second-order valence-electron chi connectivity index (χ2n) is 11.5. The molecule has 0 radical (unpaired) electrons. The summed E-state index contributed by atoms with van der Waals surface area (Å²) in [5.41, 5.74) is 1.58. The van der Waals surface area contributed by atoms with Crippen molar-refractivity contribution < 1.29 is 26.3 Å². The van der Waals surface area contributed by atoms with Gasteiger partial charge in [-0.05, 0) is 48.4 Å². The lowest BCUT2D eigenvalue weighted by Gasteiger charge is -2.14. The zero-order valence-corrected chi connectivity index (χ0v) is 27.9. The number of benzene rings is 2. The molecule has 3 aromatic rings. The highest BCUT2D eigenvalue weighted by Crippen LogP contribution is 2.25. The average Bonchev–Trinajstić information content (AvgIpc) is 3.00. The number of fused-ring (bicyclic) bond motifs is 1. The summed E-state index contributed by atoms with van der Waals surface area (Å²) in [6.45, 7) is 2.23. The summed E-state index contributed by atoms with van der Waals surface area (Å²) in [5, 5.41) is 15.7. The monoisotopic (exact) mass is 662 g/mol. The van der Waals surface area contributed by atoms with Crippen molar-refractivity contribution in [2.24, 2.45) is 12.1 Å². The third-order valence-electron chi connectivity index (χ3n) is 7.98. The Hall–Kier alpha value is -3.29. The van der Waals surface area contributed by atoms with E-state index < -0.39 is 25.1 Å². The van der Waals surface area contributed by atoms with Gasteiger partial charge in [0.25, 0.3) is 15.8 Å². The quantitative estimate of drug-likeness (QED) is 0.0559. The molecule has 0 aliphatic rings. The smallest absolute Gasteiger partial charge is 0.294 e. The minimum atomic E-state index is -4.53. The molecule has 13 heteroatoms. The Morgan fingerprint density at radius 3 is 1.84 bits per heavy atom. The number of nitrogens with zero attached hydrogens (tertiary/aromatic N) is 3. The summed E-state index contributed by atoms with van der Waals surface area (Å²) in [4.78, 5) is 12.5. The van der Waals surface area contributed by atoms with Crippen molar-refractivity contribution in [3.05, 3.63) is 64.0 Å². The van der Waals surface area contributed by atoms with Gasteiger partial charge in [0.05, 0.1) is 32.1 Å². The van der Waals surface area contributed by atoms with E-state index in [1.165, 1.54) is 88.1 Å². The van der Waals surface area contributed by atoms with Gasteiger partial charge >= 0.3 is 0 Å². The minimum absolute atomic E-state index is 0.0823. The molecule has 0 spiro atoms. The van der Waals surface area contributed by atoms with Crippen LogP contribution in [-0.2, 0) is 27.2 Å². The molecule has 2 N–H and O–H groups in total. The van der Waals surface area contributed by atoms with Gasteiger partial charge in [-0.3, -0.25) is 14.7 Å². The lowest BCUT2D eigenvalue weighted by atomic mass is 10.0. The van der Waals surface area contributed by atoms with Gasteiger partial charge in [-0.2, -0.15) is 13.5 Å². The molecule has 0 amide bonds. The average molecular weight is 663 g/mol. The highest BCUT2D eigenvalue weighted by Gasteiger charge is 2.15. The molecule has 248 valence electrons. The van der Waals surface area contributed by atoms with E-state index in [1.54, 1.807) is 29.8 Å². The van der Waals surface area contributed by atoms with E-state index in [9.17, 15) is 31.5 Å². The number of non-ortho nitro benzene ring substituents is 1. The van der Waals surface area contributed by atoms with E-state index in [1.807, 2.05) is 0 Å². The number of pyridine rings is 1. The van der Waals surface area contributed by atoms with Crippen molar-refractivity contribution in [1.29, 1.82) is 0 Å². The molecule has 0 saturated carbocycles. The van der Waals surface area contributed by atoms with Crippen LogP contribution in [0.15, 0.2) is 58.5 Å². The number of nitro groups is 1. The molecule has 11 nitrogen and oxygen atoms in total. The fourth-order valence-corrected chi connectivity index (χ4v) is 6.80. The van der Waals surface area contributed by atoms with Crippen molar-refractivity contribution in [3.8, 4) is 11.3 Å². The number of hydrogen-bond donors (Lipinski definition) is 2. The topological polar surface area (TPSA) is 161 Å². The number of hydrogen-bond acceptors (Lipinski definition) is 7. The number of nitrogens with one attached hydrogen (secondary N) is 1. The summed E-state index contributed by atoms with van der Waals surface area (Å²) in [6.07, 6.45) is 16.2. The van der Waals surface area contributed by atoms with Gasteiger partial charge in [0, 0.05) is 24.6 Å². The summed E-state index contributed by atoms with van der Waals surface area (Å²) < 4.78 is 60.6. The summed E-state index contributed by atoms with van der Waals surface area (Å²) in [6, 6.07) is 11.4. The van der Waals surface area contributed by atoms with Gasteiger partial charge in [-0.25, -0.2) is 13.2 Å². The minimum Gasteiger partial charge on any atom is -0.344 e. The number of rotatable bonds is 20. The number of sulfonamides is 1. The number of aromatic nitrogens is 1. The van der Waals surface area contributed by atoms with Gasteiger partial charge < -0.3 is 4.57 Å². The van der Waals surface area contributed by atoms with Crippen LogP contribution in [0.3, 0.4) is 0 Å². The van der Waals surface area contributed by atoms with Crippen molar-refractivity contribution in [2.45, 2.75) is 102 Å². The third-order valence-corrected chi connectivity index (χ3v) is 10.0. The largest absolute Gasteiger partial charge is 0.344 e. The van der Waals surface area contributed by atoms with Crippen LogP contribution in [0.5, 0.6) is 0 Å². The third kappa shape index (κ3) is 11.5. The molecule has 0 saturated heterocycles. The van der Waals surface area contributed by atoms with Crippen LogP contribution >= 0.6 is 0 Å². The van der Waals surface area contributed by atoms with E-state index in [0.29, 0.717) is 23.2 Å². The molecule has 1 heterocycles. The first kappa shape index (κ1) is 36.2. The molecule has 2 aromatic carbocycles. The molecule has 0 aliphatic heterocycles. The lowest BCUT2D eigenvalue weighted by Crippen LogP contribution is -2.25. The van der Waals surface area contributed by atoms with Gasteiger partial charge in [0.1, 0.15) is 0 Å². The zero-order chi connectivity index (χ0) is 32.9. The standard InChI is InChI=1S/C32H46N4O7S2/c1-3-4-5-6-7-8-9-10-11-12-13-14-15-16-23-44(39,40)34-33-30-25-32(26-17-19-27(20-18-26)36(37)38)35(2)31-22-21-28(24-29(30)31)45(41,42)43/h17-22,24-25,34H,3-16,23H2,1-2H3,(H,41,42,43). The second kappa shape index (κ2) is 17.4. The number of unbranched alkanes of at least 4 members (excludes halogenated alkanes) is 13. The van der Waals surface area contributed by atoms with Gasteiger partial charge in [0.15, 0.2) is 0 Å². The van der Waals surface area contributed by atoms with E-state index in [0.717, 1.165) is 25.7 Å². The highest BCUT2D eigenvalue weighted by atomic mass is 32.2.